The van der Waals surface area contributed by atoms with E-state index in [1.54, 1.807) is 0 Å². The van der Waals surface area contributed by atoms with Crippen LogP contribution >= 0.6 is 0 Å². The highest BCUT2D eigenvalue weighted by Gasteiger charge is 2.66. The van der Waals surface area contributed by atoms with Gasteiger partial charge in [-0.1, -0.05) is 19.9 Å². The molecule has 0 N–H and O–H groups in total. The van der Waals surface area contributed by atoms with Crippen molar-refractivity contribution in [1.29, 1.82) is 0 Å². The first-order valence-corrected chi connectivity index (χ1v) is 9.02. The average molecular weight is 321 g/mol. The number of ether oxygens (including phenoxy) is 2. The number of fused-ring (bicyclic) bond motifs is 1. The van der Waals surface area contributed by atoms with Crippen molar-refractivity contribution in [3.63, 3.8) is 0 Å². The summed E-state index contributed by atoms with van der Waals surface area (Å²) in [6.45, 7) is 12.6. The predicted molar refractivity (Wildman–Crippen MR) is 90.2 cm³/mol. The van der Waals surface area contributed by atoms with Crippen molar-refractivity contribution in [2.24, 2.45) is 11.8 Å². The van der Waals surface area contributed by atoms with Gasteiger partial charge in [0.25, 0.3) is 0 Å². The van der Waals surface area contributed by atoms with Gasteiger partial charge in [-0.05, 0) is 57.4 Å². The third-order valence-electron chi connectivity index (χ3n) is 5.44. The van der Waals surface area contributed by atoms with Gasteiger partial charge in [-0.15, -0.1) is 0 Å². The molecular weight excluding hydrogens is 290 g/mol. The van der Waals surface area contributed by atoms with Gasteiger partial charge in [0.15, 0.2) is 0 Å². The fraction of sp³-hybridized carbons (Fsp3) is 0.842. The first kappa shape index (κ1) is 17.0. The molecule has 4 heteroatoms. The Morgan fingerprint density at radius 2 is 2.17 bits per heavy atom. The number of rotatable bonds is 4. The molecule has 0 aromatic carbocycles. The van der Waals surface area contributed by atoms with Gasteiger partial charge in [-0.3, -0.25) is 9.69 Å². The van der Waals surface area contributed by atoms with Crippen molar-refractivity contribution < 1.29 is 14.3 Å². The topological polar surface area (TPSA) is 38.8 Å². The lowest BCUT2D eigenvalue weighted by Crippen LogP contribution is -2.52. The lowest BCUT2D eigenvalue weighted by atomic mass is 9.93. The number of esters is 1. The first-order chi connectivity index (χ1) is 10.8. The third-order valence-corrected chi connectivity index (χ3v) is 5.44. The Morgan fingerprint density at radius 3 is 2.70 bits per heavy atom. The summed E-state index contributed by atoms with van der Waals surface area (Å²) in [6, 6.07) is -0.148. The van der Waals surface area contributed by atoms with E-state index in [0.717, 1.165) is 32.1 Å². The van der Waals surface area contributed by atoms with E-state index in [1.165, 1.54) is 18.4 Å². The van der Waals surface area contributed by atoms with Crippen LogP contribution in [0.5, 0.6) is 0 Å². The van der Waals surface area contributed by atoms with Crippen molar-refractivity contribution in [2.45, 2.75) is 71.1 Å². The number of carbonyl (C=O) groups excluding carboxylic acids is 1. The molecule has 2 heterocycles. The molecule has 0 spiro atoms. The Kier molecular flexibility index (Phi) is 4.35. The largest absolute Gasteiger partial charge is 0.459 e. The zero-order chi connectivity index (χ0) is 16.8. The van der Waals surface area contributed by atoms with Crippen LogP contribution in [0.15, 0.2) is 11.6 Å². The summed E-state index contributed by atoms with van der Waals surface area (Å²) in [5.41, 5.74) is 1.19. The van der Waals surface area contributed by atoms with Gasteiger partial charge in [0, 0.05) is 12.1 Å². The van der Waals surface area contributed by atoms with Crippen LogP contribution in [0.1, 0.15) is 53.9 Å². The maximum absolute atomic E-state index is 12.9. The maximum atomic E-state index is 12.9. The molecule has 0 radical (unpaired) electrons. The van der Waals surface area contributed by atoms with Crippen molar-refractivity contribution in [3.05, 3.63) is 11.6 Å². The molecule has 2 aliphatic heterocycles. The highest BCUT2D eigenvalue weighted by Crippen LogP contribution is 2.61. The SMILES string of the molecule is CC(C)[C@@H](C(=O)OC(C)(C)C)N1CC[C@H]2C[C@]21C1=CCOCC1. The zero-order valence-electron chi connectivity index (χ0n) is 15.2. The maximum Gasteiger partial charge on any atom is 0.324 e. The Balaban J connectivity index is 1.85. The summed E-state index contributed by atoms with van der Waals surface area (Å²) in [5, 5.41) is 0. The van der Waals surface area contributed by atoms with Crippen LogP contribution in [-0.2, 0) is 14.3 Å². The summed E-state index contributed by atoms with van der Waals surface area (Å²) >= 11 is 0. The number of hydrogen-bond acceptors (Lipinski definition) is 4. The molecule has 1 saturated heterocycles. The Hall–Kier alpha value is -0.870. The minimum absolute atomic E-state index is 0.0629. The van der Waals surface area contributed by atoms with E-state index in [0.29, 0.717) is 0 Å². The lowest BCUT2D eigenvalue weighted by Gasteiger charge is -2.39. The fourth-order valence-electron chi connectivity index (χ4n) is 4.51. The standard InChI is InChI=1S/C19H31NO3/c1-13(2)16(17(21)23-18(3,4)5)20-9-6-15-12-19(15,20)14-7-10-22-11-8-14/h7,13,15-16H,6,8-12H2,1-5H3/t15-,16-,19-/m0/s1. The molecule has 0 unspecified atom stereocenters. The molecule has 3 rings (SSSR count). The molecular formula is C19H31NO3. The number of nitrogens with zero attached hydrogens (tertiary/aromatic N) is 1. The van der Waals surface area contributed by atoms with Gasteiger partial charge >= 0.3 is 5.97 Å². The molecule has 4 nitrogen and oxygen atoms in total. The second-order valence-electron chi connectivity index (χ2n) is 8.58. The smallest absolute Gasteiger partial charge is 0.324 e. The van der Waals surface area contributed by atoms with Crippen molar-refractivity contribution in [1.82, 2.24) is 4.90 Å². The Morgan fingerprint density at radius 1 is 1.43 bits per heavy atom. The monoisotopic (exact) mass is 321 g/mol. The Bertz CT molecular complexity index is 505. The van der Waals surface area contributed by atoms with Crippen LogP contribution in [0.3, 0.4) is 0 Å². The summed E-state index contributed by atoms with van der Waals surface area (Å²) in [5.74, 6) is 0.907. The second kappa shape index (κ2) is 5.89. The van der Waals surface area contributed by atoms with Gasteiger partial charge in [0.2, 0.25) is 0 Å². The van der Waals surface area contributed by atoms with Crippen LogP contribution < -0.4 is 0 Å². The highest BCUT2D eigenvalue weighted by atomic mass is 16.6. The molecule has 0 aromatic rings. The van der Waals surface area contributed by atoms with Crippen molar-refractivity contribution in [3.8, 4) is 0 Å². The minimum Gasteiger partial charge on any atom is -0.459 e. The van der Waals surface area contributed by atoms with E-state index >= 15 is 0 Å². The number of carbonyl (C=O) groups is 1. The predicted octanol–water partition coefficient (Wildman–Crippen LogP) is 3.16. The third kappa shape index (κ3) is 3.08. The van der Waals surface area contributed by atoms with Crippen molar-refractivity contribution in [2.75, 3.05) is 19.8 Å². The molecule has 3 aliphatic rings. The van der Waals surface area contributed by atoms with Gasteiger partial charge in [-0.2, -0.15) is 0 Å². The average Bonchev–Trinajstić information content (AvgIpc) is 3.08. The van der Waals surface area contributed by atoms with E-state index < -0.39 is 5.60 Å². The Labute approximate surface area is 140 Å². The fourth-order valence-corrected chi connectivity index (χ4v) is 4.51. The molecule has 130 valence electrons. The molecule has 0 amide bonds. The van der Waals surface area contributed by atoms with Crippen LogP contribution in [0.2, 0.25) is 0 Å². The number of piperidine rings is 1. The summed E-state index contributed by atoms with van der Waals surface area (Å²) in [6.07, 6.45) is 5.66. The van der Waals surface area contributed by atoms with Crippen LogP contribution in [0, 0.1) is 11.8 Å². The lowest BCUT2D eigenvalue weighted by molar-refractivity contribution is -0.164. The number of likely N-dealkylation sites (tertiary alicyclic amines) is 1. The zero-order valence-corrected chi connectivity index (χ0v) is 15.2. The minimum atomic E-state index is -0.433. The molecule has 2 fully saturated rings. The van der Waals surface area contributed by atoms with E-state index in [9.17, 15) is 4.79 Å². The molecule has 23 heavy (non-hydrogen) atoms. The normalized spacial score (nSPS) is 32.4. The van der Waals surface area contributed by atoms with Gasteiger partial charge in [-0.25, -0.2) is 0 Å². The quantitative estimate of drug-likeness (QED) is 0.589. The highest BCUT2D eigenvalue weighted by molar-refractivity contribution is 5.77. The summed E-state index contributed by atoms with van der Waals surface area (Å²) < 4.78 is 11.2. The molecule has 0 aromatic heterocycles. The van der Waals surface area contributed by atoms with Gasteiger partial charge in [0.1, 0.15) is 11.6 Å². The van der Waals surface area contributed by atoms with E-state index in [4.69, 9.17) is 9.47 Å². The van der Waals surface area contributed by atoms with Crippen LogP contribution in [0.4, 0.5) is 0 Å². The molecule has 1 saturated carbocycles. The van der Waals surface area contributed by atoms with Gasteiger partial charge in [0.05, 0.1) is 13.2 Å². The van der Waals surface area contributed by atoms with Crippen molar-refractivity contribution >= 4 is 5.97 Å². The molecule has 0 bridgehead atoms. The second-order valence-corrected chi connectivity index (χ2v) is 8.58. The van der Waals surface area contributed by atoms with E-state index in [1.807, 2.05) is 20.8 Å². The van der Waals surface area contributed by atoms with Crippen LogP contribution in [-0.4, -0.2) is 47.8 Å². The molecule has 3 atom stereocenters. The summed E-state index contributed by atoms with van der Waals surface area (Å²) in [7, 11) is 0. The molecule has 1 aliphatic carbocycles. The first-order valence-electron chi connectivity index (χ1n) is 9.02. The number of hydrogen-bond donors (Lipinski definition) is 0. The van der Waals surface area contributed by atoms with E-state index in [2.05, 4.69) is 24.8 Å². The van der Waals surface area contributed by atoms with Gasteiger partial charge < -0.3 is 9.47 Å². The summed E-state index contributed by atoms with van der Waals surface area (Å²) in [4.78, 5) is 15.3. The van der Waals surface area contributed by atoms with Crippen LogP contribution in [0.25, 0.3) is 0 Å². The van der Waals surface area contributed by atoms with E-state index in [-0.39, 0.29) is 23.5 Å².